The van der Waals surface area contributed by atoms with Crippen LogP contribution < -0.4 is 5.32 Å². The van der Waals surface area contributed by atoms with Gasteiger partial charge in [0, 0.05) is 42.8 Å². The number of nitrogens with one attached hydrogen (secondary N) is 1. The van der Waals surface area contributed by atoms with Gasteiger partial charge in [0.2, 0.25) is 5.91 Å². The molecule has 0 spiro atoms. The van der Waals surface area contributed by atoms with E-state index in [1.165, 1.54) is 10.4 Å². The summed E-state index contributed by atoms with van der Waals surface area (Å²) >= 11 is 1.77. The molecule has 1 fully saturated rings. The number of hydrogen-bond donors (Lipinski definition) is 1. The zero-order valence-electron chi connectivity index (χ0n) is 14.0. The first-order chi connectivity index (χ1) is 11.8. The highest BCUT2D eigenvalue weighted by molar-refractivity contribution is 7.09. The number of carbonyl (C=O) groups excluding carboxylic acids is 1. The van der Waals surface area contributed by atoms with Crippen molar-refractivity contribution in [2.24, 2.45) is 0 Å². The third kappa shape index (κ3) is 5.42. The molecule has 3 rings (SSSR count). The van der Waals surface area contributed by atoms with Crippen molar-refractivity contribution >= 4 is 17.2 Å². The van der Waals surface area contributed by atoms with Crippen LogP contribution in [-0.2, 0) is 17.8 Å². The predicted octanol–water partition coefficient (Wildman–Crippen LogP) is 3.25. The third-order valence-corrected chi connectivity index (χ3v) is 5.34. The normalized spacial score (nSPS) is 18.4. The van der Waals surface area contributed by atoms with E-state index in [-0.39, 0.29) is 11.9 Å². The number of nitrogens with zero attached hydrogens (tertiary/aromatic N) is 2. The van der Waals surface area contributed by atoms with Gasteiger partial charge in [-0.15, -0.1) is 11.3 Å². The number of thiophene rings is 1. The number of hydrogen-bond acceptors (Lipinski definition) is 4. The van der Waals surface area contributed by atoms with Crippen LogP contribution in [0.15, 0.2) is 42.0 Å². The van der Waals surface area contributed by atoms with Crippen LogP contribution in [0.25, 0.3) is 0 Å². The fourth-order valence-electron chi connectivity index (χ4n) is 3.24. The zero-order valence-corrected chi connectivity index (χ0v) is 14.8. The molecular formula is C19H25N3OS. The van der Waals surface area contributed by atoms with E-state index in [4.69, 9.17) is 0 Å². The van der Waals surface area contributed by atoms with Gasteiger partial charge >= 0.3 is 0 Å². The molecule has 0 saturated carbocycles. The summed E-state index contributed by atoms with van der Waals surface area (Å²) < 4.78 is 0. The number of rotatable bonds is 7. The second kappa shape index (κ2) is 8.94. The lowest BCUT2D eigenvalue weighted by molar-refractivity contribution is -0.122. The van der Waals surface area contributed by atoms with Crippen molar-refractivity contribution in [3.05, 3.63) is 52.5 Å². The molecule has 2 aromatic rings. The van der Waals surface area contributed by atoms with E-state index in [0.29, 0.717) is 6.42 Å². The molecule has 3 heterocycles. The van der Waals surface area contributed by atoms with Gasteiger partial charge in [-0.3, -0.25) is 14.7 Å². The second-order valence-electron chi connectivity index (χ2n) is 6.44. The highest BCUT2D eigenvalue weighted by Crippen LogP contribution is 2.15. The van der Waals surface area contributed by atoms with Crippen LogP contribution in [0, 0.1) is 0 Å². The Morgan fingerprint density at radius 2 is 2.33 bits per heavy atom. The van der Waals surface area contributed by atoms with E-state index in [9.17, 15) is 4.79 Å². The monoisotopic (exact) mass is 343 g/mol. The van der Waals surface area contributed by atoms with E-state index >= 15 is 0 Å². The van der Waals surface area contributed by atoms with Gasteiger partial charge in [0.1, 0.15) is 0 Å². The van der Waals surface area contributed by atoms with Crippen LogP contribution in [0.1, 0.15) is 36.1 Å². The molecule has 128 valence electrons. The molecule has 0 bridgehead atoms. The summed E-state index contributed by atoms with van der Waals surface area (Å²) in [5.74, 6) is 0.194. The minimum atomic E-state index is 0.194. The highest BCUT2D eigenvalue weighted by atomic mass is 32.1. The Morgan fingerprint density at radius 1 is 1.38 bits per heavy atom. The van der Waals surface area contributed by atoms with Crippen LogP contribution >= 0.6 is 11.3 Å². The molecule has 1 atom stereocenters. The summed E-state index contributed by atoms with van der Waals surface area (Å²) in [7, 11) is 0. The maximum atomic E-state index is 12.2. The van der Waals surface area contributed by atoms with Crippen LogP contribution in [0.5, 0.6) is 0 Å². The molecule has 2 aromatic heterocycles. The molecule has 24 heavy (non-hydrogen) atoms. The molecule has 0 radical (unpaired) electrons. The molecule has 1 N–H and O–H groups in total. The van der Waals surface area contributed by atoms with Crippen molar-refractivity contribution in [1.82, 2.24) is 15.2 Å². The molecule has 1 aliphatic heterocycles. The Kier molecular flexibility index (Phi) is 6.38. The lowest BCUT2D eigenvalue weighted by Gasteiger charge is -2.33. The standard InChI is InChI=1S/C19H25N3OS/c23-19(9-1-7-18-8-4-12-24-18)21-17-6-3-11-22(15-17)14-16-5-2-10-20-13-16/h2,4-5,8,10,12-13,17H,1,3,6-7,9,11,14-15H2,(H,21,23)/t17-/m1/s1. The van der Waals surface area contributed by atoms with E-state index in [1.54, 1.807) is 17.5 Å². The minimum Gasteiger partial charge on any atom is -0.352 e. The van der Waals surface area contributed by atoms with Crippen molar-refractivity contribution in [2.75, 3.05) is 13.1 Å². The number of aryl methyl sites for hydroxylation is 1. The fourth-order valence-corrected chi connectivity index (χ4v) is 4.00. The van der Waals surface area contributed by atoms with Gasteiger partial charge < -0.3 is 5.32 Å². The van der Waals surface area contributed by atoms with E-state index in [2.05, 4.69) is 38.8 Å². The summed E-state index contributed by atoms with van der Waals surface area (Å²) in [5.41, 5.74) is 1.24. The third-order valence-electron chi connectivity index (χ3n) is 4.41. The van der Waals surface area contributed by atoms with Crippen molar-refractivity contribution in [3.8, 4) is 0 Å². The van der Waals surface area contributed by atoms with E-state index in [1.807, 2.05) is 12.3 Å². The van der Waals surface area contributed by atoms with Crippen LogP contribution in [0.2, 0.25) is 0 Å². The molecule has 0 unspecified atom stereocenters. The van der Waals surface area contributed by atoms with Crippen molar-refractivity contribution < 1.29 is 4.79 Å². The van der Waals surface area contributed by atoms with Gasteiger partial charge in [-0.2, -0.15) is 0 Å². The summed E-state index contributed by atoms with van der Waals surface area (Å²) in [6, 6.07) is 8.58. The average molecular weight is 343 g/mol. The fraction of sp³-hybridized carbons (Fsp3) is 0.474. The largest absolute Gasteiger partial charge is 0.352 e. The lowest BCUT2D eigenvalue weighted by Crippen LogP contribution is -2.47. The summed E-state index contributed by atoms with van der Waals surface area (Å²) in [6.45, 7) is 2.95. The predicted molar refractivity (Wildman–Crippen MR) is 97.9 cm³/mol. The maximum Gasteiger partial charge on any atom is 0.220 e. The Labute approximate surface area is 147 Å². The molecule has 1 amide bonds. The van der Waals surface area contributed by atoms with Gasteiger partial charge in [-0.25, -0.2) is 0 Å². The van der Waals surface area contributed by atoms with Gasteiger partial charge in [0.05, 0.1) is 0 Å². The van der Waals surface area contributed by atoms with Crippen LogP contribution in [0.3, 0.4) is 0 Å². The van der Waals surface area contributed by atoms with Gasteiger partial charge in [0.25, 0.3) is 0 Å². The summed E-state index contributed by atoms with van der Waals surface area (Å²) in [6.07, 6.45) is 8.50. The molecule has 1 aliphatic rings. The SMILES string of the molecule is O=C(CCCc1cccs1)N[C@@H]1CCCN(Cc2cccnc2)C1. The molecule has 4 nitrogen and oxygen atoms in total. The Hall–Kier alpha value is -1.72. The lowest BCUT2D eigenvalue weighted by atomic mass is 10.0. The zero-order chi connectivity index (χ0) is 16.6. The smallest absolute Gasteiger partial charge is 0.220 e. The number of pyridine rings is 1. The average Bonchev–Trinajstić information content (AvgIpc) is 3.09. The van der Waals surface area contributed by atoms with E-state index in [0.717, 1.165) is 45.3 Å². The Morgan fingerprint density at radius 3 is 3.12 bits per heavy atom. The van der Waals surface area contributed by atoms with Crippen molar-refractivity contribution in [1.29, 1.82) is 0 Å². The number of carbonyl (C=O) groups is 1. The number of piperidine rings is 1. The quantitative estimate of drug-likeness (QED) is 0.839. The van der Waals surface area contributed by atoms with Gasteiger partial charge in [-0.05, 0) is 55.3 Å². The van der Waals surface area contributed by atoms with Gasteiger partial charge in [0.15, 0.2) is 0 Å². The van der Waals surface area contributed by atoms with Crippen molar-refractivity contribution in [3.63, 3.8) is 0 Å². The summed E-state index contributed by atoms with van der Waals surface area (Å²) in [5, 5.41) is 5.31. The first-order valence-corrected chi connectivity index (χ1v) is 9.60. The Balaban J connectivity index is 1.39. The topological polar surface area (TPSA) is 45.2 Å². The molecular weight excluding hydrogens is 318 g/mol. The molecule has 0 aromatic carbocycles. The summed E-state index contributed by atoms with van der Waals surface area (Å²) in [4.78, 5) is 20.1. The van der Waals surface area contributed by atoms with Gasteiger partial charge in [-0.1, -0.05) is 12.1 Å². The molecule has 1 saturated heterocycles. The molecule has 5 heteroatoms. The first kappa shape index (κ1) is 17.1. The number of aromatic nitrogens is 1. The molecule has 0 aliphatic carbocycles. The van der Waals surface area contributed by atoms with Crippen LogP contribution in [-0.4, -0.2) is 34.9 Å². The minimum absolute atomic E-state index is 0.194. The van der Waals surface area contributed by atoms with Crippen molar-refractivity contribution in [2.45, 2.75) is 44.7 Å². The van der Waals surface area contributed by atoms with E-state index < -0.39 is 0 Å². The first-order valence-electron chi connectivity index (χ1n) is 8.72. The maximum absolute atomic E-state index is 12.2. The second-order valence-corrected chi connectivity index (χ2v) is 7.47. The van der Waals surface area contributed by atoms with Crippen LogP contribution in [0.4, 0.5) is 0 Å². The number of likely N-dealkylation sites (tertiary alicyclic amines) is 1. The number of amides is 1. The Bertz CT molecular complexity index is 615. The highest BCUT2D eigenvalue weighted by Gasteiger charge is 2.21.